The molecule has 3 heteroatoms. The maximum atomic E-state index is 11.8. The fourth-order valence-electron chi connectivity index (χ4n) is 1.54. The van der Waals surface area contributed by atoms with E-state index in [0.717, 1.165) is 12.8 Å². The van der Waals surface area contributed by atoms with Crippen molar-refractivity contribution in [1.82, 2.24) is 4.90 Å². The molecule has 0 radical (unpaired) electrons. The second-order valence-electron chi connectivity index (χ2n) is 3.32. The molecular formula is C11H17NO2. The van der Waals surface area contributed by atoms with E-state index in [1.165, 1.54) is 0 Å². The monoisotopic (exact) mass is 195 g/mol. The van der Waals surface area contributed by atoms with E-state index in [9.17, 15) is 4.79 Å². The SMILES string of the molecule is C=CCN(CC=C)C(=O)C1CCCO1. The molecule has 0 saturated carbocycles. The van der Waals surface area contributed by atoms with Crippen molar-refractivity contribution in [3.8, 4) is 0 Å². The third kappa shape index (κ3) is 2.70. The summed E-state index contributed by atoms with van der Waals surface area (Å²) in [5.74, 6) is 0.0577. The van der Waals surface area contributed by atoms with Gasteiger partial charge in [-0.25, -0.2) is 0 Å². The zero-order valence-corrected chi connectivity index (χ0v) is 8.45. The van der Waals surface area contributed by atoms with E-state index in [1.807, 2.05) is 0 Å². The molecule has 1 fully saturated rings. The minimum atomic E-state index is -0.241. The number of carbonyl (C=O) groups excluding carboxylic acids is 1. The quantitative estimate of drug-likeness (QED) is 0.620. The fraction of sp³-hybridized carbons (Fsp3) is 0.545. The van der Waals surface area contributed by atoms with Crippen LogP contribution < -0.4 is 0 Å². The summed E-state index contributed by atoms with van der Waals surface area (Å²) in [5.41, 5.74) is 0. The predicted molar refractivity (Wildman–Crippen MR) is 55.9 cm³/mol. The van der Waals surface area contributed by atoms with Gasteiger partial charge in [-0.05, 0) is 12.8 Å². The average Bonchev–Trinajstić information content (AvgIpc) is 2.69. The Hall–Kier alpha value is -1.09. The summed E-state index contributed by atoms with van der Waals surface area (Å²) in [6, 6.07) is 0. The summed E-state index contributed by atoms with van der Waals surface area (Å²) >= 11 is 0. The van der Waals surface area contributed by atoms with Crippen LogP contribution in [0.2, 0.25) is 0 Å². The highest BCUT2D eigenvalue weighted by atomic mass is 16.5. The van der Waals surface area contributed by atoms with Crippen molar-refractivity contribution >= 4 is 5.91 Å². The van der Waals surface area contributed by atoms with E-state index in [4.69, 9.17) is 4.74 Å². The largest absolute Gasteiger partial charge is 0.368 e. The van der Waals surface area contributed by atoms with Crippen LogP contribution >= 0.6 is 0 Å². The lowest BCUT2D eigenvalue weighted by Gasteiger charge is -2.22. The standard InChI is InChI=1S/C11H17NO2/c1-3-7-12(8-4-2)11(13)10-6-5-9-14-10/h3-4,10H,1-2,5-9H2. The van der Waals surface area contributed by atoms with Gasteiger partial charge in [-0.1, -0.05) is 12.2 Å². The van der Waals surface area contributed by atoms with Crippen LogP contribution in [0, 0.1) is 0 Å². The van der Waals surface area contributed by atoms with Crippen LogP contribution in [-0.4, -0.2) is 36.6 Å². The molecule has 0 spiro atoms. The molecule has 1 aliphatic rings. The van der Waals surface area contributed by atoms with Gasteiger partial charge in [0.15, 0.2) is 0 Å². The Morgan fingerprint density at radius 3 is 2.50 bits per heavy atom. The molecule has 0 N–H and O–H groups in total. The van der Waals surface area contributed by atoms with Crippen LogP contribution in [0.4, 0.5) is 0 Å². The fourth-order valence-corrected chi connectivity index (χ4v) is 1.54. The van der Waals surface area contributed by atoms with Gasteiger partial charge in [0.25, 0.3) is 5.91 Å². The maximum absolute atomic E-state index is 11.8. The smallest absolute Gasteiger partial charge is 0.252 e. The van der Waals surface area contributed by atoms with Crippen LogP contribution in [-0.2, 0) is 9.53 Å². The van der Waals surface area contributed by atoms with E-state index >= 15 is 0 Å². The van der Waals surface area contributed by atoms with Crippen molar-refractivity contribution in [1.29, 1.82) is 0 Å². The molecule has 1 amide bonds. The van der Waals surface area contributed by atoms with E-state index in [2.05, 4.69) is 13.2 Å². The normalized spacial score (nSPS) is 20.4. The van der Waals surface area contributed by atoms with Gasteiger partial charge in [0.1, 0.15) is 6.10 Å². The third-order valence-electron chi connectivity index (χ3n) is 2.22. The lowest BCUT2D eigenvalue weighted by atomic mass is 10.2. The second-order valence-corrected chi connectivity index (χ2v) is 3.32. The van der Waals surface area contributed by atoms with Crippen molar-refractivity contribution in [2.45, 2.75) is 18.9 Å². The molecule has 3 nitrogen and oxygen atoms in total. The highest BCUT2D eigenvalue weighted by Gasteiger charge is 2.26. The highest BCUT2D eigenvalue weighted by Crippen LogP contribution is 2.14. The maximum Gasteiger partial charge on any atom is 0.252 e. The van der Waals surface area contributed by atoms with Crippen molar-refractivity contribution in [2.75, 3.05) is 19.7 Å². The first-order valence-electron chi connectivity index (χ1n) is 4.91. The topological polar surface area (TPSA) is 29.5 Å². The molecular weight excluding hydrogens is 178 g/mol. The Labute approximate surface area is 85.0 Å². The summed E-state index contributed by atoms with van der Waals surface area (Å²) in [4.78, 5) is 13.5. The molecule has 0 aromatic rings. The first-order chi connectivity index (χ1) is 6.79. The molecule has 0 aromatic carbocycles. The summed E-state index contributed by atoms with van der Waals surface area (Å²) in [6.45, 7) is 9.07. The summed E-state index contributed by atoms with van der Waals surface area (Å²) in [5, 5.41) is 0. The van der Waals surface area contributed by atoms with Gasteiger partial charge in [-0.15, -0.1) is 13.2 Å². The number of ether oxygens (including phenoxy) is 1. The van der Waals surface area contributed by atoms with Gasteiger partial charge in [0.05, 0.1) is 0 Å². The number of rotatable bonds is 5. The van der Waals surface area contributed by atoms with Crippen molar-refractivity contribution in [2.24, 2.45) is 0 Å². The number of amides is 1. The van der Waals surface area contributed by atoms with Gasteiger partial charge < -0.3 is 9.64 Å². The van der Waals surface area contributed by atoms with Gasteiger partial charge >= 0.3 is 0 Å². The first kappa shape index (κ1) is 11.0. The van der Waals surface area contributed by atoms with Gasteiger partial charge in [-0.2, -0.15) is 0 Å². The zero-order chi connectivity index (χ0) is 10.4. The van der Waals surface area contributed by atoms with Crippen molar-refractivity contribution in [3.63, 3.8) is 0 Å². The lowest BCUT2D eigenvalue weighted by molar-refractivity contribution is -0.139. The molecule has 0 bridgehead atoms. The minimum absolute atomic E-state index is 0.0577. The summed E-state index contributed by atoms with van der Waals surface area (Å²) in [7, 11) is 0. The number of nitrogens with zero attached hydrogens (tertiary/aromatic N) is 1. The first-order valence-corrected chi connectivity index (χ1v) is 4.91. The van der Waals surface area contributed by atoms with E-state index in [-0.39, 0.29) is 12.0 Å². The Kier molecular flexibility index (Phi) is 4.40. The van der Waals surface area contributed by atoms with Gasteiger partial charge in [0, 0.05) is 19.7 Å². The Balaban J connectivity index is 2.51. The Bertz CT molecular complexity index is 209. The average molecular weight is 195 g/mol. The van der Waals surface area contributed by atoms with E-state index in [0.29, 0.717) is 19.7 Å². The minimum Gasteiger partial charge on any atom is -0.368 e. The second kappa shape index (κ2) is 5.60. The molecule has 1 rings (SSSR count). The van der Waals surface area contributed by atoms with Crippen molar-refractivity contribution < 1.29 is 9.53 Å². The van der Waals surface area contributed by atoms with Crippen LogP contribution in [0.25, 0.3) is 0 Å². The zero-order valence-electron chi connectivity index (χ0n) is 8.45. The molecule has 14 heavy (non-hydrogen) atoms. The number of hydrogen-bond acceptors (Lipinski definition) is 2. The number of hydrogen-bond donors (Lipinski definition) is 0. The number of carbonyl (C=O) groups is 1. The molecule has 1 unspecified atom stereocenters. The lowest BCUT2D eigenvalue weighted by Crippen LogP contribution is -2.39. The molecule has 0 aromatic heterocycles. The van der Waals surface area contributed by atoms with Crippen LogP contribution in [0.5, 0.6) is 0 Å². The molecule has 78 valence electrons. The van der Waals surface area contributed by atoms with Gasteiger partial charge in [-0.3, -0.25) is 4.79 Å². The predicted octanol–water partition coefficient (Wildman–Crippen LogP) is 1.37. The Morgan fingerprint density at radius 1 is 1.43 bits per heavy atom. The van der Waals surface area contributed by atoms with E-state index < -0.39 is 0 Å². The summed E-state index contributed by atoms with van der Waals surface area (Å²) < 4.78 is 5.33. The van der Waals surface area contributed by atoms with Crippen LogP contribution in [0.15, 0.2) is 25.3 Å². The van der Waals surface area contributed by atoms with Gasteiger partial charge in [0.2, 0.25) is 0 Å². The van der Waals surface area contributed by atoms with Crippen molar-refractivity contribution in [3.05, 3.63) is 25.3 Å². The molecule has 1 atom stereocenters. The van der Waals surface area contributed by atoms with E-state index in [1.54, 1.807) is 17.1 Å². The molecule has 0 aliphatic carbocycles. The van der Waals surface area contributed by atoms with Crippen LogP contribution in [0.1, 0.15) is 12.8 Å². The third-order valence-corrected chi connectivity index (χ3v) is 2.22. The highest BCUT2D eigenvalue weighted by molar-refractivity contribution is 5.81. The molecule has 1 heterocycles. The Morgan fingerprint density at radius 2 is 2.07 bits per heavy atom. The molecule has 1 saturated heterocycles. The summed E-state index contributed by atoms with van der Waals surface area (Å²) in [6.07, 6.45) is 5.01. The van der Waals surface area contributed by atoms with Crippen LogP contribution in [0.3, 0.4) is 0 Å². The molecule has 1 aliphatic heterocycles.